The van der Waals surface area contributed by atoms with Crippen LogP contribution < -0.4 is 0 Å². The van der Waals surface area contributed by atoms with Gasteiger partial charge in [-0.05, 0) is 37.3 Å². The Labute approximate surface area is 128 Å². The zero-order chi connectivity index (χ0) is 15.9. The Bertz CT molecular complexity index is 854. The lowest BCUT2D eigenvalue weighted by Gasteiger charge is -2.02. The van der Waals surface area contributed by atoms with Gasteiger partial charge in [-0.15, -0.1) is 11.3 Å². The Morgan fingerprint density at radius 3 is 2.73 bits per heavy atom. The zero-order valence-electron chi connectivity index (χ0n) is 11.6. The van der Waals surface area contributed by atoms with Gasteiger partial charge in [-0.25, -0.2) is 13.6 Å². The Hall–Kier alpha value is -2.28. The number of carboxylic acids is 1. The van der Waals surface area contributed by atoms with Gasteiger partial charge in [0.25, 0.3) is 6.43 Å². The minimum atomic E-state index is -2.53. The van der Waals surface area contributed by atoms with E-state index in [9.17, 15) is 13.6 Å². The van der Waals surface area contributed by atoms with Gasteiger partial charge in [0.2, 0.25) is 0 Å². The van der Waals surface area contributed by atoms with Gasteiger partial charge in [0.05, 0.1) is 16.0 Å². The minimum absolute atomic E-state index is 0.110. The number of thiophene rings is 1. The van der Waals surface area contributed by atoms with Crippen LogP contribution in [0.2, 0.25) is 0 Å². The summed E-state index contributed by atoms with van der Waals surface area (Å²) >= 11 is 1.49. The van der Waals surface area contributed by atoms with Crippen molar-refractivity contribution in [2.75, 3.05) is 0 Å². The van der Waals surface area contributed by atoms with E-state index in [0.717, 1.165) is 9.75 Å². The van der Waals surface area contributed by atoms with Gasteiger partial charge >= 0.3 is 5.97 Å². The highest BCUT2D eigenvalue weighted by Gasteiger charge is 2.17. The molecule has 2 heterocycles. The van der Waals surface area contributed by atoms with Gasteiger partial charge < -0.3 is 5.11 Å². The fourth-order valence-electron chi connectivity index (χ4n) is 2.33. The molecule has 4 nitrogen and oxygen atoms in total. The van der Waals surface area contributed by atoms with Crippen LogP contribution in [0.5, 0.6) is 0 Å². The third-order valence-electron chi connectivity index (χ3n) is 3.28. The molecule has 3 aromatic rings. The van der Waals surface area contributed by atoms with Crippen LogP contribution in [0.1, 0.15) is 15.2 Å². The van der Waals surface area contributed by atoms with E-state index in [4.69, 9.17) is 5.11 Å². The lowest BCUT2D eigenvalue weighted by molar-refractivity contribution is 0.0697. The highest BCUT2D eigenvalue weighted by atomic mass is 32.1. The van der Waals surface area contributed by atoms with Crippen molar-refractivity contribution in [3.63, 3.8) is 0 Å². The van der Waals surface area contributed by atoms with Crippen LogP contribution in [0.15, 0.2) is 30.3 Å². The highest BCUT2D eigenvalue weighted by Crippen LogP contribution is 2.33. The topological polar surface area (TPSA) is 55.1 Å². The van der Waals surface area contributed by atoms with Crippen molar-refractivity contribution in [1.29, 1.82) is 0 Å². The molecule has 0 aliphatic carbocycles. The second kappa shape index (κ2) is 5.49. The average molecular weight is 322 g/mol. The van der Waals surface area contributed by atoms with Crippen LogP contribution in [-0.4, -0.2) is 27.3 Å². The molecule has 0 radical (unpaired) electrons. The number of benzene rings is 1. The van der Waals surface area contributed by atoms with E-state index in [1.54, 1.807) is 0 Å². The first-order valence-electron chi connectivity index (χ1n) is 6.54. The molecule has 2 aromatic heterocycles. The first-order valence-corrected chi connectivity index (χ1v) is 7.36. The third kappa shape index (κ3) is 2.59. The maximum atomic E-state index is 12.7. The zero-order valence-corrected chi connectivity index (χ0v) is 12.4. The van der Waals surface area contributed by atoms with Gasteiger partial charge in [0.1, 0.15) is 12.2 Å². The number of carbonyl (C=O) groups is 1. The summed E-state index contributed by atoms with van der Waals surface area (Å²) in [6.45, 7) is 1.42. The van der Waals surface area contributed by atoms with E-state index in [0.29, 0.717) is 16.6 Å². The SMILES string of the molecule is Cc1ccc(-c2nn(CC(F)F)c3ccc(C(=O)O)cc23)s1. The molecule has 0 atom stereocenters. The maximum Gasteiger partial charge on any atom is 0.335 e. The molecular weight excluding hydrogens is 310 g/mol. The average Bonchev–Trinajstić information content (AvgIpc) is 3.02. The summed E-state index contributed by atoms with van der Waals surface area (Å²) in [6, 6.07) is 8.19. The maximum absolute atomic E-state index is 12.7. The van der Waals surface area contributed by atoms with Crippen LogP contribution in [0.3, 0.4) is 0 Å². The molecular formula is C15H12F2N2O2S. The van der Waals surface area contributed by atoms with E-state index in [-0.39, 0.29) is 5.56 Å². The van der Waals surface area contributed by atoms with Crippen molar-refractivity contribution in [2.24, 2.45) is 0 Å². The van der Waals surface area contributed by atoms with E-state index in [1.807, 2.05) is 19.1 Å². The number of aryl methyl sites for hydroxylation is 1. The normalized spacial score (nSPS) is 11.5. The number of aromatic nitrogens is 2. The molecule has 0 fully saturated rings. The summed E-state index contributed by atoms with van der Waals surface area (Å²) in [6.07, 6.45) is -2.53. The van der Waals surface area contributed by atoms with Crippen LogP contribution in [0, 0.1) is 6.92 Å². The first-order chi connectivity index (χ1) is 10.5. The van der Waals surface area contributed by atoms with Crippen molar-refractivity contribution < 1.29 is 18.7 Å². The number of aromatic carboxylic acids is 1. The highest BCUT2D eigenvalue weighted by molar-refractivity contribution is 7.15. The van der Waals surface area contributed by atoms with Crippen molar-refractivity contribution in [2.45, 2.75) is 19.9 Å². The number of alkyl halides is 2. The Kier molecular flexibility index (Phi) is 3.66. The lowest BCUT2D eigenvalue weighted by atomic mass is 10.1. The molecule has 7 heteroatoms. The summed E-state index contributed by atoms with van der Waals surface area (Å²) in [5, 5.41) is 14.0. The number of hydrogen-bond acceptors (Lipinski definition) is 3. The largest absolute Gasteiger partial charge is 0.478 e. The third-order valence-corrected chi connectivity index (χ3v) is 4.29. The van der Waals surface area contributed by atoms with E-state index < -0.39 is 18.9 Å². The molecule has 0 saturated heterocycles. The molecule has 22 heavy (non-hydrogen) atoms. The molecule has 3 rings (SSSR count). The van der Waals surface area contributed by atoms with E-state index in [1.165, 1.54) is 34.2 Å². The van der Waals surface area contributed by atoms with Crippen molar-refractivity contribution in [3.05, 3.63) is 40.8 Å². The van der Waals surface area contributed by atoms with Crippen molar-refractivity contribution in [1.82, 2.24) is 9.78 Å². The first kappa shape index (κ1) is 14.6. The standard InChI is InChI=1S/C15H12F2N2O2S/c1-8-2-5-12(22-8)14-10-6-9(15(20)21)3-4-11(10)19(18-14)7-13(16)17/h2-6,13H,7H2,1H3,(H,20,21). The molecule has 1 aromatic carbocycles. The van der Waals surface area contributed by atoms with Crippen LogP contribution in [0.25, 0.3) is 21.5 Å². The van der Waals surface area contributed by atoms with Crippen LogP contribution in [0.4, 0.5) is 8.78 Å². The number of nitrogens with zero attached hydrogens (tertiary/aromatic N) is 2. The molecule has 0 aliphatic rings. The van der Waals surface area contributed by atoms with E-state index in [2.05, 4.69) is 5.10 Å². The molecule has 0 bridgehead atoms. The summed E-state index contributed by atoms with van der Waals surface area (Å²) in [4.78, 5) is 13.0. The molecule has 0 aliphatic heterocycles. The number of hydrogen-bond donors (Lipinski definition) is 1. The lowest BCUT2D eigenvalue weighted by Crippen LogP contribution is -2.08. The molecule has 0 spiro atoms. The molecule has 1 N–H and O–H groups in total. The van der Waals surface area contributed by atoms with Crippen LogP contribution >= 0.6 is 11.3 Å². The van der Waals surface area contributed by atoms with Crippen molar-refractivity contribution >= 4 is 28.2 Å². The molecule has 0 saturated carbocycles. The van der Waals surface area contributed by atoms with Gasteiger partial charge in [0, 0.05) is 10.3 Å². The summed E-state index contributed by atoms with van der Waals surface area (Å²) in [7, 11) is 0. The number of halogens is 2. The molecule has 114 valence electrons. The molecule has 0 unspecified atom stereocenters. The van der Waals surface area contributed by atoms with Crippen LogP contribution in [-0.2, 0) is 6.54 Å². The van der Waals surface area contributed by atoms with Gasteiger partial charge in [0.15, 0.2) is 0 Å². The monoisotopic (exact) mass is 322 g/mol. The summed E-state index contributed by atoms with van der Waals surface area (Å²) in [5.74, 6) is -1.06. The summed E-state index contributed by atoms with van der Waals surface area (Å²) < 4.78 is 26.7. The predicted octanol–water partition coefficient (Wildman–Crippen LogP) is 4.04. The number of carboxylic acid groups (broad SMARTS) is 1. The number of fused-ring (bicyclic) bond motifs is 1. The van der Waals surface area contributed by atoms with Gasteiger partial charge in [-0.3, -0.25) is 4.68 Å². The van der Waals surface area contributed by atoms with E-state index >= 15 is 0 Å². The Morgan fingerprint density at radius 1 is 1.36 bits per heavy atom. The fraction of sp³-hybridized carbons (Fsp3) is 0.200. The summed E-state index contributed by atoms with van der Waals surface area (Å²) in [5.41, 5.74) is 1.15. The minimum Gasteiger partial charge on any atom is -0.478 e. The smallest absolute Gasteiger partial charge is 0.335 e. The Morgan fingerprint density at radius 2 is 2.14 bits per heavy atom. The number of rotatable bonds is 4. The predicted molar refractivity (Wildman–Crippen MR) is 80.7 cm³/mol. The van der Waals surface area contributed by atoms with Crippen molar-refractivity contribution in [3.8, 4) is 10.6 Å². The molecule has 0 amide bonds. The van der Waals surface area contributed by atoms with Gasteiger partial charge in [-0.2, -0.15) is 5.10 Å². The quantitative estimate of drug-likeness (QED) is 0.789. The van der Waals surface area contributed by atoms with Gasteiger partial charge in [-0.1, -0.05) is 0 Å². The fourth-order valence-corrected chi connectivity index (χ4v) is 3.19. The second-order valence-corrected chi connectivity index (χ2v) is 6.16. The Balaban J connectivity index is 2.24. The second-order valence-electron chi connectivity index (χ2n) is 4.87.